The van der Waals surface area contributed by atoms with Gasteiger partial charge in [-0.1, -0.05) is 19.3 Å². The molecule has 0 radical (unpaired) electrons. The van der Waals surface area contributed by atoms with Gasteiger partial charge in [0.1, 0.15) is 0 Å². The maximum atomic E-state index is 10.5. The molecule has 2 nitrogen and oxygen atoms in total. The Morgan fingerprint density at radius 2 is 1.92 bits per heavy atom. The van der Waals surface area contributed by atoms with Crippen molar-refractivity contribution in [1.82, 2.24) is 4.90 Å². The van der Waals surface area contributed by atoms with Gasteiger partial charge >= 0.3 is 0 Å². The molecular weight excluding hydrogens is 150 g/mol. The average Bonchev–Trinajstić information content (AvgIpc) is 2.17. The first-order valence-corrected chi connectivity index (χ1v) is 4.93. The SMILES string of the molecule is C[C@@H](C1CCCCC1)N(C)C=O. The summed E-state index contributed by atoms with van der Waals surface area (Å²) in [5.41, 5.74) is 0. The summed E-state index contributed by atoms with van der Waals surface area (Å²) in [5.74, 6) is 0.744. The van der Waals surface area contributed by atoms with E-state index in [-0.39, 0.29) is 0 Å². The summed E-state index contributed by atoms with van der Waals surface area (Å²) in [4.78, 5) is 12.3. The summed E-state index contributed by atoms with van der Waals surface area (Å²) in [7, 11) is 1.88. The van der Waals surface area contributed by atoms with Crippen molar-refractivity contribution < 1.29 is 4.79 Å². The molecule has 0 aromatic rings. The molecule has 1 fully saturated rings. The summed E-state index contributed by atoms with van der Waals surface area (Å²) >= 11 is 0. The predicted molar refractivity (Wildman–Crippen MR) is 49.9 cm³/mol. The van der Waals surface area contributed by atoms with Gasteiger partial charge < -0.3 is 4.90 Å². The number of nitrogens with zero attached hydrogens (tertiary/aromatic N) is 1. The second-order valence-electron chi connectivity index (χ2n) is 3.91. The van der Waals surface area contributed by atoms with Crippen LogP contribution >= 0.6 is 0 Å². The van der Waals surface area contributed by atoms with Crippen LogP contribution in [0.15, 0.2) is 0 Å². The van der Waals surface area contributed by atoms with E-state index in [4.69, 9.17) is 0 Å². The van der Waals surface area contributed by atoms with Gasteiger partial charge in [0.05, 0.1) is 0 Å². The number of hydrogen-bond acceptors (Lipinski definition) is 1. The first kappa shape index (κ1) is 9.56. The lowest BCUT2D eigenvalue weighted by Crippen LogP contribution is -2.35. The molecule has 1 saturated carbocycles. The minimum absolute atomic E-state index is 0.433. The highest BCUT2D eigenvalue weighted by atomic mass is 16.1. The number of carbonyl (C=O) groups excluding carboxylic acids is 1. The molecule has 1 rings (SSSR count). The Morgan fingerprint density at radius 1 is 1.33 bits per heavy atom. The Kier molecular flexibility index (Phi) is 3.57. The molecule has 2 heteroatoms. The van der Waals surface area contributed by atoms with Gasteiger partial charge in [0.25, 0.3) is 0 Å². The predicted octanol–water partition coefficient (Wildman–Crippen LogP) is 2.04. The maximum Gasteiger partial charge on any atom is 0.209 e. The van der Waals surface area contributed by atoms with Gasteiger partial charge in [0.2, 0.25) is 6.41 Å². The van der Waals surface area contributed by atoms with Gasteiger partial charge in [-0.25, -0.2) is 0 Å². The molecule has 0 heterocycles. The van der Waals surface area contributed by atoms with Crippen molar-refractivity contribution >= 4 is 6.41 Å². The number of amides is 1. The van der Waals surface area contributed by atoms with Crippen LogP contribution in [-0.4, -0.2) is 24.4 Å². The van der Waals surface area contributed by atoms with E-state index < -0.39 is 0 Å². The number of carbonyl (C=O) groups is 1. The zero-order valence-electron chi connectivity index (χ0n) is 8.12. The van der Waals surface area contributed by atoms with E-state index in [1.54, 1.807) is 4.90 Å². The third kappa shape index (κ3) is 2.23. The second-order valence-corrected chi connectivity index (χ2v) is 3.91. The minimum atomic E-state index is 0.433. The first-order valence-electron chi connectivity index (χ1n) is 4.93. The van der Waals surface area contributed by atoms with E-state index in [2.05, 4.69) is 6.92 Å². The molecular formula is C10H19NO. The van der Waals surface area contributed by atoms with Crippen molar-refractivity contribution in [1.29, 1.82) is 0 Å². The van der Waals surface area contributed by atoms with Crippen molar-refractivity contribution in [2.45, 2.75) is 45.1 Å². The molecule has 70 valence electrons. The van der Waals surface area contributed by atoms with Crippen molar-refractivity contribution in [3.63, 3.8) is 0 Å². The van der Waals surface area contributed by atoms with Crippen molar-refractivity contribution in [2.24, 2.45) is 5.92 Å². The average molecular weight is 169 g/mol. The number of hydrogen-bond donors (Lipinski definition) is 0. The fourth-order valence-corrected chi connectivity index (χ4v) is 2.05. The molecule has 0 spiro atoms. The summed E-state index contributed by atoms with van der Waals surface area (Å²) in [6, 6.07) is 0.433. The normalized spacial score (nSPS) is 21.8. The standard InChI is InChI=1S/C10H19NO/c1-9(11(2)8-12)10-6-4-3-5-7-10/h8-10H,3-7H2,1-2H3/t9-/m0/s1. The van der Waals surface area contributed by atoms with Crippen LogP contribution in [0.1, 0.15) is 39.0 Å². The molecule has 0 N–H and O–H groups in total. The Labute approximate surface area is 74.9 Å². The summed E-state index contributed by atoms with van der Waals surface area (Å²) < 4.78 is 0. The molecule has 1 aliphatic carbocycles. The highest BCUT2D eigenvalue weighted by Gasteiger charge is 2.21. The smallest absolute Gasteiger partial charge is 0.209 e. The van der Waals surface area contributed by atoms with Crippen molar-refractivity contribution in [3.8, 4) is 0 Å². The van der Waals surface area contributed by atoms with Gasteiger partial charge in [-0.2, -0.15) is 0 Å². The Balaban J connectivity index is 2.38. The lowest BCUT2D eigenvalue weighted by atomic mass is 9.84. The third-order valence-electron chi connectivity index (χ3n) is 3.14. The van der Waals surface area contributed by atoms with Gasteiger partial charge in [0.15, 0.2) is 0 Å². The lowest BCUT2D eigenvalue weighted by Gasteiger charge is -2.32. The van der Waals surface area contributed by atoms with Crippen LogP contribution in [-0.2, 0) is 4.79 Å². The zero-order chi connectivity index (χ0) is 8.97. The zero-order valence-corrected chi connectivity index (χ0v) is 8.12. The van der Waals surface area contributed by atoms with E-state index in [0.717, 1.165) is 12.3 Å². The van der Waals surface area contributed by atoms with E-state index in [0.29, 0.717) is 6.04 Å². The molecule has 0 bridgehead atoms. The van der Waals surface area contributed by atoms with Crippen LogP contribution in [0.3, 0.4) is 0 Å². The van der Waals surface area contributed by atoms with Crippen LogP contribution in [0, 0.1) is 5.92 Å². The van der Waals surface area contributed by atoms with E-state index in [9.17, 15) is 4.79 Å². The van der Waals surface area contributed by atoms with Gasteiger partial charge in [-0.05, 0) is 25.7 Å². The third-order valence-corrected chi connectivity index (χ3v) is 3.14. The van der Waals surface area contributed by atoms with Crippen LogP contribution in [0.25, 0.3) is 0 Å². The van der Waals surface area contributed by atoms with Crippen molar-refractivity contribution in [2.75, 3.05) is 7.05 Å². The molecule has 0 aromatic carbocycles. The fraction of sp³-hybridized carbons (Fsp3) is 0.900. The van der Waals surface area contributed by atoms with E-state index in [1.165, 1.54) is 32.1 Å². The first-order chi connectivity index (χ1) is 5.75. The molecule has 12 heavy (non-hydrogen) atoms. The summed E-state index contributed by atoms with van der Waals surface area (Å²) in [6.07, 6.45) is 7.63. The van der Waals surface area contributed by atoms with Gasteiger partial charge in [-0.15, -0.1) is 0 Å². The van der Waals surface area contributed by atoms with E-state index in [1.807, 2.05) is 7.05 Å². The molecule has 0 saturated heterocycles. The topological polar surface area (TPSA) is 20.3 Å². The quantitative estimate of drug-likeness (QED) is 0.592. The molecule has 0 unspecified atom stereocenters. The second kappa shape index (κ2) is 4.48. The lowest BCUT2D eigenvalue weighted by molar-refractivity contribution is -0.119. The molecule has 1 amide bonds. The highest BCUT2D eigenvalue weighted by Crippen LogP contribution is 2.27. The van der Waals surface area contributed by atoms with E-state index >= 15 is 0 Å². The van der Waals surface area contributed by atoms with Gasteiger partial charge in [-0.3, -0.25) is 4.79 Å². The molecule has 0 aliphatic heterocycles. The largest absolute Gasteiger partial charge is 0.345 e. The Hall–Kier alpha value is -0.530. The van der Waals surface area contributed by atoms with Crippen LogP contribution in [0.4, 0.5) is 0 Å². The Morgan fingerprint density at radius 3 is 2.42 bits per heavy atom. The van der Waals surface area contributed by atoms with Gasteiger partial charge in [0, 0.05) is 13.1 Å². The number of rotatable bonds is 3. The van der Waals surface area contributed by atoms with Crippen LogP contribution in [0.2, 0.25) is 0 Å². The maximum absolute atomic E-state index is 10.5. The molecule has 1 atom stereocenters. The summed E-state index contributed by atoms with van der Waals surface area (Å²) in [6.45, 7) is 2.16. The molecule has 1 aliphatic rings. The summed E-state index contributed by atoms with van der Waals surface area (Å²) in [5, 5.41) is 0. The molecule has 0 aromatic heterocycles. The monoisotopic (exact) mass is 169 g/mol. The fourth-order valence-electron chi connectivity index (χ4n) is 2.05. The van der Waals surface area contributed by atoms with Crippen molar-refractivity contribution in [3.05, 3.63) is 0 Å². The van der Waals surface area contributed by atoms with Crippen LogP contribution in [0.5, 0.6) is 0 Å². The Bertz CT molecular complexity index is 141. The van der Waals surface area contributed by atoms with Crippen LogP contribution < -0.4 is 0 Å². The minimum Gasteiger partial charge on any atom is -0.345 e. The highest BCUT2D eigenvalue weighted by molar-refractivity contribution is 5.46.